The van der Waals surface area contributed by atoms with Crippen molar-refractivity contribution in [2.24, 2.45) is 5.41 Å². The molecule has 1 atom stereocenters. The summed E-state index contributed by atoms with van der Waals surface area (Å²) >= 11 is 0. The van der Waals surface area contributed by atoms with Crippen LogP contribution < -0.4 is 4.74 Å². The lowest BCUT2D eigenvalue weighted by molar-refractivity contribution is -0.144. The molecule has 2 heterocycles. The van der Waals surface area contributed by atoms with Crippen molar-refractivity contribution >= 4 is 11.9 Å². The molecule has 1 amide bonds. The molecule has 1 spiro atoms. The van der Waals surface area contributed by atoms with Gasteiger partial charge in [0.15, 0.2) is 0 Å². The van der Waals surface area contributed by atoms with E-state index in [-0.39, 0.29) is 17.3 Å². The van der Waals surface area contributed by atoms with Gasteiger partial charge in [-0.25, -0.2) is 0 Å². The van der Waals surface area contributed by atoms with Crippen LogP contribution in [-0.4, -0.2) is 68.1 Å². The number of methoxy groups -OCH3 is 1. The fourth-order valence-corrected chi connectivity index (χ4v) is 4.26. The maximum absolute atomic E-state index is 13.0. The minimum atomic E-state index is -0.165. The number of piperidine rings is 1. The molecule has 0 radical (unpaired) electrons. The predicted molar refractivity (Wildman–Crippen MR) is 98.3 cm³/mol. The molecule has 2 saturated heterocycles. The van der Waals surface area contributed by atoms with Crippen molar-refractivity contribution in [3.8, 4) is 5.75 Å². The van der Waals surface area contributed by atoms with Crippen molar-refractivity contribution < 1.29 is 19.1 Å². The largest absolute Gasteiger partial charge is 0.496 e. The second-order valence-corrected chi connectivity index (χ2v) is 7.30. The molecule has 1 unspecified atom stereocenters. The molecular weight excluding hydrogens is 332 g/mol. The summed E-state index contributed by atoms with van der Waals surface area (Å²) < 4.78 is 10.4. The molecular formula is C20H28N2O4. The molecule has 6 heteroatoms. The number of nitrogens with zero attached hydrogens (tertiary/aromatic N) is 2. The molecule has 3 rings (SSSR count). The van der Waals surface area contributed by atoms with Gasteiger partial charge in [-0.1, -0.05) is 12.1 Å². The SMILES string of the molecule is CCOC(=O)CN1CCC2(CCCN(C(=O)c3ccccc3OC)C2)C1. The molecule has 0 aliphatic carbocycles. The normalized spacial score (nSPS) is 23.2. The van der Waals surface area contributed by atoms with Crippen molar-refractivity contribution in [2.45, 2.75) is 26.2 Å². The molecule has 26 heavy (non-hydrogen) atoms. The van der Waals surface area contributed by atoms with Gasteiger partial charge < -0.3 is 14.4 Å². The average molecular weight is 360 g/mol. The van der Waals surface area contributed by atoms with Gasteiger partial charge in [0.25, 0.3) is 5.91 Å². The van der Waals surface area contributed by atoms with Gasteiger partial charge in [0.05, 0.1) is 25.8 Å². The maximum Gasteiger partial charge on any atom is 0.320 e. The standard InChI is InChI=1S/C20H28N2O4/c1-3-26-18(23)13-21-12-10-20(14-21)9-6-11-22(15-20)19(24)16-7-4-5-8-17(16)25-2/h4-5,7-8H,3,6,9-15H2,1-2H3. The van der Waals surface area contributed by atoms with Gasteiger partial charge in [-0.2, -0.15) is 0 Å². The van der Waals surface area contributed by atoms with Crippen molar-refractivity contribution in [1.82, 2.24) is 9.80 Å². The van der Waals surface area contributed by atoms with Gasteiger partial charge in [0.1, 0.15) is 5.75 Å². The zero-order valence-electron chi connectivity index (χ0n) is 15.7. The minimum Gasteiger partial charge on any atom is -0.496 e. The highest BCUT2D eigenvalue weighted by Gasteiger charge is 2.43. The Morgan fingerprint density at radius 3 is 2.73 bits per heavy atom. The van der Waals surface area contributed by atoms with Crippen molar-refractivity contribution in [1.29, 1.82) is 0 Å². The molecule has 142 valence electrons. The van der Waals surface area contributed by atoms with Crippen molar-refractivity contribution in [3.63, 3.8) is 0 Å². The summed E-state index contributed by atoms with van der Waals surface area (Å²) in [6.45, 7) is 5.83. The summed E-state index contributed by atoms with van der Waals surface area (Å²) in [4.78, 5) is 28.9. The highest BCUT2D eigenvalue weighted by atomic mass is 16.5. The van der Waals surface area contributed by atoms with E-state index in [0.29, 0.717) is 24.5 Å². The van der Waals surface area contributed by atoms with Crippen LogP contribution in [0.1, 0.15) is 36.5 Å². The quantitative estimate of drug-likeness (QED) is 0.754. The molecule has 0 aromatic heterocycles. The zero-order valence-corrected chi connectivity index (χ0v) is 15.7. The fourth-order valence-electron chi connectivity index (χ4n) is 4.26. The first-order valence-corrected chi connectivity index (χ1v) is 9.37. The Kier molecular flexibility index (Phi) is 5.81. The smallest absolute Gasteiger partial charge is 0.320 e. The van der Waals surface area contributed by atoms with Crippen LogP contribution in [0, 0.1) is 5.41 Å². The van der Waals surface area contributed by atoms with Crippen LogP contribution in [-0.2, 0) is 9.53 Å². The predicted octanol–water partition coefficient (Wildman–Crippen LogP) is 2.19. The van der Waals surface area contributed by atoms with Crippen LogP contribution in [0.2, 0.25) is 0 Å². The molecule has 2 aliphatic rings. The number of likely N-dealkylation sites (tertiary alicyclic amines) is 2. The van der Waals surface area contributed by atoms with Crippen molar-refractivity contribution in [2.75, 3.05) is 46.4 Å². The molecule has 0 N–H and O–H groups in total. The third-order valence-corrected chi connectivity index (χ3v) is 5.46. The second kappa shape index (κ2) is 8.08. The van der Waals surface area contributed by atoms with Crippen LogP contribution in [0.5, 0.6) is 5.75 Å². The van der Waals surface area contributed by atoms with E-state index in [1.165, 1.54) is 0 Å². The number of carbonyl (C=O) groups is 2. The Balaban J connectivity index is 1.66. The van der Waals surface area contributed by atoms with E-state index >= 15 is 0 Å². The topological polar surface area (TPSA) is 59.1 Å². The number of benzene rings is 1. The number of para-hydroxylation sites is 1. The number of ether oxygens (including phenoxy) is 2. The lowest BCUT2D eigenvalue weighted by Gasteiger charge is -2.40. The lowest BCUT2D eigenvalue weighted by atomic mass is 9.79. The fraction of sp³-hybridized carbons (Fsp3) is 0.600. The first-order chi connectivity index (χ1) is 12.6. The summed E-state index contributed by atoms with van der Waals surface area (Å²) in [6, 6.07) is 7.39. The minimum absolute atomic E-state index is 0.0327. The highest BCUT2D eigenvalue weighted by Crippen LogP contribution is 2.39. The molecule has 1 aromatic rings. The summed E-state index contributed by atoms with van der Waals surface area (Å²) in [6.07, 6.45) is 3.11. The van der Waals surface area contributed by atoms with Crippen LogP contribution >= 0.6 is 0 Å². The Labute approximate surface area is 155 Å². The molecule has 0 saturated carbocycles. The molecule has 2 aliphatic heterocycles. The van der Waals surface area contributed by atoms with Gasteiger partial charge in [0, 0.05) is 25.0 Å². The van der Waals surface area contributed by atoms with E-state index in [4.69, 9.17) is 9.47 Å². The second-order valence-electron chi connectivity index (χ2n) is 7.30. The van der Waals surface area contributed by atoms with Crippen LogP contribution in [0.15, 0.2) is 24.3 Å². The summed E-state index contributed by atoms with van der Waals surface area (Å²) in [5, 5.41) is 0. The van der Waals surface area contributed by atoms with Crippen LogP contribution in [0.3, 0.4) is 0 Å². The Hall–Kier alpha value is -2.08. The van der Waals surface area contributed by atoms with Crippen LogP contribution in [0.25, 0.3) is 0 Å². The number of rotatable bonds is 5. The van der Waals surface area contributed by atoms with Gasteiger partial charge in [-0.3, -0.25) is 14.5 Å². The molecule has 0 bridgehead atoms. The molecule has 6 nitrogen and oxygen atoms in total. The molecule has 2 fully saturated rings. The van der Waals surface area contributed by atoms with Gasteiger partial charge in [-0.15, -0.1) is 0 Å². The monoisotopic (exact) mass is 360 g/mol. The van der Waals surface area contributed by atoms with E-state index in [0.717, 1.165) is 45.4 Å². The van der Waals surface area contributed by atoms with Gasteiger partial charge >= 0.3 is 5.97 Å². The van der Waals surface area contributed by atoms with E-state index in [9.17, 15) is 9.59 Å². The number of amides is 1. The first-order valence-electron chi connectivity index (χ1n) is 9.37. The lowest BCUT2D eigenvalue weighted by Crippen LogP contribution is -2.47. The van der Waals surface area contributed by atoms with E-state index < -0.39 is 0 Å². The number of hydrogen-bond donors (Lipinski definition) is 0. The van der Waals surface area contributed by atoms with Gasteiger partial charge in [-0.05, 0) is 44.9 Å². The Bertz CT molecular complexity index is 663. The number of carbonyl (C=O) groups excluding carboxylic acids is 2. The zero-order chi connectivity index (χ0) is 18.6. The maximum atomic E-state index is 13.0. The Morgan fingerprint density at radius 2 is 1.96 bits per heavy atom. The third-order valence-electron chi connectivity index (χ3n) is 5.46. The molecule has 1 aromatic carbocycles. The summed E-state index contributed by atoms with van der Waals surface area (Å²) in [5.74, 6) is 0.486. The highest BCUT2D eigenvalue weighted by molar-refractivity contribution is 5.97. The Morgan fingerprint density at radius 1 is 1.15 bits per heavy atom. The van der Waals surface area contributed by atoms with Gasteiger partial charge in [0.2, 0.25) is 0 Å². The van der Waals surface area contributed by atoms with Crippen molar-refractivity contribution in [3.05, 3.63) is 29.8 Å². The van der Waals surface area contributed by atoms with E-state index in [1.54, 1.807) is 7.11 Å². The summed E-state index contributed by atoms with van der Waals surface area (Å²) in [7, 11) is 1.59. The van der Waals surface area contributed by atoms with Crippen LogP contribution in [0.4, 0.5) is 0 Å². The third kappa shape index (κ3) is 4.01. The number of esters is 1. The summed E-state index contributed by atoms with van der Waals surface area (Å²) in [5.41, 5.74) is 0.705. The average Bonchev–Trinajstić information content (AvgIpc) is 3.02. The first kappa shape index (κ1) is 18.7. The number of hydrogen-bond acceptors (Lipinski definition) is 5. The van der Waals surface area contributed by atoms with E-state index in [1.807, 2.05) is 36.1 Å². The van der Waals surface area contributed by atoms with E-state index in [2.05, 4.69) is 4.90 Å².